The summed E-state index contributed by atoms with van der Waals surface area (Å²) in [5.41, 5.74) is 0.645. The number of carbonyl (C=O) groups is 3. The average Bonchev–Trinajstić information content (AvgIpc) is 3.58. The van der Waals surface area contributed by atoms with Crippen LogP contribution in [0.3, 0.4) is 0 Å². The summed E-state index contributed by atoms with van der Waals surface area (Å²) in [5, 5.41) is 5.27. The SMILES string of the molecule is CCCCCCCCN1C(=O)[C@@H](CC(=O)NCc2cccc3ccccc23)C[C@@]2(C(=O)OC)C1=C[C@H](C1CCCC1)O[C@@H]2C. The van der Waals surface area contributed by atoms with Crippen LogP contribution in [-0.4, -0.2) is 48.5 Å². The van der Waals surface area contributed by atoms with E-state index in [2.05, 4.69) is 36.5 Å². The van der Waals surface area contributed by atoms with Gasteiger partial charge in [-0.3, -0.25) is 14.4 Å². The van der Waals surface area contributed by atoms with Gasteiger partial charge in [0, 0.05) is 31.1 Å². The highest BCUT2D eigenvalue weighted by molar-refractivity contribution is 5.93. The van der Waals surface area contributed by atoms with Gasteiger partial charge in [-0.25, -0.2) is 0 Å². The number of benzene rings is 2. The lowest BCUT2D eigenvalue weighted by atomic mass is 9.66. The molecule has 1 saturated heterocycles. The number of hydrogen-bond donors (Lipinski definition) is 1. The average molecular weight is 603 g/mol. The van der Waals surface area contributed by atoms with Crippen LogP contribution >= 0.6 is 0 Å². The van der Waals surface area contributed by atoms with Gasteiger partial charge in [0.25, 0.3) is 0 Å². The molecule has 0 unspecified atom stereocenters. The molecule has 0 bridgehead atoms. The van der Waals surface area contributed by atoms with Crippen LogP contribution in [0.15, 0.2) is 54.2 Å². The van der Waals surface area contributed by atoms with Gasteiger partial charge in [0.2, 0.25) is 11.8 Å². The summed E-state index contributed by atoms with van der Waals surface area (Å²) in [6.45, 7) is 5.06. The first-order valence-electron chi connectivity index (χ1n) is 16.9. The molecule has 4 atom stereocenters. The van der Waals surface area contributed by atoms with Gasteiger partial charge < -0.3 is 19.7 Å². The fourth-order valence-electron chi connectivity index (χ4n) is 7.77. The fourth-order valence-corrected chi connectivity index (χ4v) is 7.77. The third-order valence-corrected chi connectivity index (χ3v) is 10.2. The highest BCUT2D eigenvalue weighted by atomic mass is 16.5. The van der Waals surface area contributed by atoms with E-state index in [-0.39, 0.29) is 36.7 Å². The van der Waals surface area contributed by atoms with Crippen molar-refractivity contribution in [3.63, 3.8) is 0 Å². The molecule has 238 valence electrons. The number of fused-ring (bicyclic) bond motifs is 2. The zero-order chi connectivity index (χ0) is 31.1. The first kappa shape index (κ1) is 32.2. The molecule has 2 aromatic rings. The van der Waals surface area contributed by atoms with E-state index in [1.165, 1.54) is 39.2 Å². The topological polar surface area (TPSA) is 84.9 Å². The first-order chi connectivity index (χ1) is 21.4. The minimum atomic E-state index is -1.12. The van der Waals surface area contributed by atoms with Crippen LogP contribution in [0.25, 0.3) is 10.8 Å². The van der Waals surface area contributed by atoms with Crippen LogP contribution in [0.5, 0.6) is 0 Å². The zero-order valence-electron chi connectivity index (χ0n) is 26.8. The van der Waals surface area contributed by atoms with Crippen LogP contribution in [0.2, 0.25) is 0 Å². The molecule has 1 saturated carbocycles. The number of unbranched alkanes of at least 4 members (excludes halogenated alkanes) is 5. The van der Waals surface area contributed by atoms with Crippen molar-refractivity contribution in [2.75, 3.05) is 13.7 Å². The van der Waals surface area contributed by atoms with Crippen molar-refractivity contribution in [1.29, 1.82) is 0 Å². The zero-order valence-corrected chi connectivity index (χ0v) is 26.8. The summed E-state index contributed by atoms with van der Waals surface area (Å²) in [4.78, 5) is 43.2. The largest absolute Gasteiger partial charge is 0.468 e. The fraction of sp³-hybridized carbons (Fsp3) is 0.595. The number of nitrogens with one attached hydrogen (secondary N) is 1. The number of methoxy groups -OCH3 is 1. The normalized spacial score (nSPS) is 25.5. The van der Waals surface area contributed by atoms with E-state index in [1.54, 1.807) is 0 Å². The Hall–Kier alpha value is -3.19. The maximum atomic E-state index is 14.2. The van der Waals surface area contributed by atoms with Gasteiger partial charge in [0.15, 0.2) is 0 Å². The van der Waals surface area contributed by atoms with Gasteiger partial charge in [-0.2, -0.15) is 0 Å². The summed E-state index contributed by atoms with van der Waals surface area (Å²) in [7, 11) is 1.41. The van der Waals surface area contributed by atoms with Crippen LogP contribution in [0.4, 0.5) is 0 Å². The monoisotopic (exact) mass is 602 g/mol. The van der Waals surface area contributed by atoms with E-state index in [9.17, 15) is 14.4 Å². The summed E-state index contributed by atoms with van der Waals surface area (Å²) in [6, 6.07) is 14.2. The lowest BCUT2D eigenvalue weighted by molar-refractivity contribution is -0.177. The summed E-state index contributed by atoms with van der Waals surface area (Å²) in [5.74, 6) is -0.903. The second kappa shape index (κ2) is 14.7. The number of carbonyl (C=O) groups excluding carboxylic acids is 3. The van der Waals surface area contributed by atoms with E-state index in [0.717, 1.165) is 54.1 Å². The Morgan fingerprint density at radius 1 is 1.02 bits per heavy atom. The van der Waals surface area contributed by atoms with E-state index >= 15 is 0 Å². The smallest absolute Gasteiger partial charge is 0.320 e. The van der Waals surface area contributed by atoms with E-state index in [4.69, 9.17) is 9.47 Å². The van der Waals surface area contributed by atoms with Crippen LogP contribution < -0.4 is 5.32 Å². The van der Waals surface area contributed by atoms with Gasteiger partial charge in [-0.1, -0.05) is 94.3 Å². The minimum absolute atomic E-state index is 0.0153. The Bertz CT molecular complexity index is 1340. The Balaban J connectivity index is 1.38. The van der Waals surface area contributed by atoms with Gasteiger partial charge in [-0.15, -0.1) is 0 Å². The molecular weight excluding hydrogens is 552 g/mol. The number of piperidine rings is 1. The Kier molecular flexibility index (Phi) is 10.8. The number of hydrogen-bond acceptors (Lipinski definition) is 5. The van der Waals surface area contributed by atoms with Crippen molar-refractivity contribution in [2.24, 2.45) is 17.3 Å². The van der Waals surface area contributed by atoms with Crippen molar-refractivity contribution in [3.8, 4) is 0 Å². The van der Waals surface area contributed by atoms with E-state index in [1.807, 2.05) is 36.1 Å². The summed E-state index contributed by atoms with van der Waals surface area (Å²) >= 11 is 0. The second-order valence-corrected chi connectivity index (χ2v) is 13.1. The minimum Gasteiger partial charge on any atom is -0.468 e. The molecule has 2 heterocycles. The number of ether oxygens (including phenoxy) is 2. The molecule has 5 rings (SSSR count). The van der Waals surface area contributed by atoms with Gasteiger partial charge in [0.1, 0.15) is 5.41 Å². The maximum absolute atomic E-state index is 14.2. The predicted molar refractivity (Wildman–Crippen MR) is 172 cm³/mol. The van der Waals surface area contributed by atoms with Gasteiger partial charge >= 0.3 is 5.97 Å². The molecule has 2 aliphatic heterocycles. The molecule has 0 aromatic heterocycles. The lowest BCUT2D eigenvalue weighted by Crippen LogP contribution is -2.60. The molecule has 1 aliphatic carbocycles. The second-order valence-electron chi connectivity index (χ2n) is 13.1. The number of likely N-dealkylation sites (tertiary alicyclic amines) is 1. The Labute approximate surface area is 262 Å². The third kappa shape index (κ3) is 6.73. The number of amides is 2. The standard InChI is InChI=1S/C37H50N2O5/c1-4-5-6-7-8-13-21-39-33-23-32(28-16-9-10-17-28)44-26(2)37(33,36(42)43-3)24-30(35(39)41)22-34(40)38-25-29-19-14-18-27-15-11-12-20-31(27)29/h11-12,14-15,18-20,23,26,28,30,32H,4-10,13,16-17,21-22,24-25H2,1-3H3,(H,38,40)/t26-,30+,32-,37+/m1/s1. The third-order valence-electron chi connectivity index (χ3n) is 10.2. The number of rotatable bonds is 13. The predicted octanol–water partition coefficient (Wildman–Crippen LogP) is 7.08. The first-order valence-corrected chi connectivity index (χ1v) is 16.9. The molecule has 44 heavy (non-hydrogen) atoms. The molecule has 7 nitrogen and oxygen atoms in total. The van der Waals surface area contributed by atoms with Crippen LogP contribution in [0, 0.1) is 17.3 Å². The summed E-state index contributed by atoms with van der Waals surface area (Å²) < 4.78 is 12.0. The highest BCUT2D eigenvalue weighted by Gasteiger charge is 2.60. The number of nitrogens with zero attached hydrogens (tertiary/aromatic N) is 1. The molecule has 2 aromatic carbocycles. The van der Waals surface area contributed by atoms with E-state index < -0.39 is 17.4 Å². The molecular formula is C37H50N2O5. The van der Waals surface area contributed by atoms with Crippen molar-refractivity contribution in [1.82, 2.24) is 10.2 Å². The molecule has 7 heteroatoms. The van der Waals surface area contributed by atoms with Gasteiger partial charge in [0.05, 0.1) is 19.3 Å². The highest BCUT2D eigenvalue weighted by Crippen LogP contribution is 2.51. The van der Waals surface area contributed by atoms with Crippen LogP contribution in [0.1, 0.15) is 96.5 Å². The number of esters is 1. The molecule has 1 N–H and O–H groups in total. The molecule has 0 radical (unpaired) electrons. The molecule has 2 amide bonds. The van der Waals surface area contributed by atoms with Crippen molar-refractivity contribution < 1.29 is 23.9 Å². The maximum Gasteiger partial charge on any atom is 0.320 e. The molecule has 0 spiro atoms. The molecule has 2 fully saturated rings. The summed E-state index contributed by atoms with van der Waals surface area (Å²) in [6.07, 6.45) is 12.8. The Morgan fingerprint density at radius 3 is 2.52 bits per heavy atom. The van der Waals surface area contributed by atoms with E-state index in [0.29, 0.717) is 19.0 Å². The quantitative estimate of drug-likeness (QED) is 0.196. The van der Waals surface area contributed by atoms with Gasteiger partial charge in [-0.05, 0) is 60.9 Å². The Morgan fingerprint density at radius 2 is 1.75 bits per heavy atom. The van der Waals surface area contributed by atoms with Crippen LogP contribution in [-0.2, 0) is 30.4 Å². The van der Waals surface area contributed by atoms with Crippen molar-refractivity contribution >= 4 is 28.6 Å². The van der Waals surface area contributed by atoms with Crippen molar-refractivity contribution in [2.45, 2.75) is 110 Å². The van der Waals surface area contributed by atoms with Crippen molar-refractivity contribution in [3.05, 3.63) is 59.8 Å². The lowest BCUT2D eigenvalue weighted by Gasteiger charge is -2.52. The molecule has 3 aliphatic rings.